The van der Waals surface area contributed by atoms with E-state index in [1.54, 1.807) is 24.3 Å². The second-order valence-corrected chi connectivity index (χ2v) is 5.42. The molecule has 0 bridgehead atoms. The van der Waals surface area contributed by atoms with E-state index in [-0.39, 0.29) is 18.5 Å². The average molecular weight is 287 g/mol. The van der Waals surface area contributed by atoms with E-state index in [0.717, 1.165) is 30.3 Å². The smallest absolute Gasteiger partial charge is 0.329 e. The van der Waals surface area contributed by atoms with E-state index in [2.05, 4.69) is 10.3 Å². The van der Waals surface area contributed by atoms with Crippen molar-refractivity contribution in [2.75, 3.05) is 0 Å². The van der Waals surface area contributed by atoms with Crippen molar-refractivity contribution in [1.29, 1.82) is 0 Å². The van der Waals surface area contributed by atoms with Crippen molar-refractivity contribution in [2.45, 2.75) is 38.3 Å². The zero-order valence-electron chi connectivity index (χ0n) is 11.6. The second kappa shape index (κ2) is 5.55. The van der Waals surface area contributed by atoms with Crippen LogP contribution in [-0.4, -0.2) is 21.5 Å². The number of aromatic amines is 1. The normalized spacial score (nSPS) is 15.4. The van der Waals surface area contributed by atoms with Gasteiger partial charge in [0.2, 0.25) is 5.91 Å². The van der Waals surface area contributed by atoms with Crippen LogP contribution in [0.2, 0.25) is 0 Å². The first-order valence-corrected chi connectivity index (χ1v) is 7.16. The molecule has 1 amide bonds. The van der Waals surface area contributed by atoms with Gasteiger partial charge in [0.1, 0.15) is 6.54 Å². The SMILES string of the molecule is O=C(Cn1c(=O)[nH]c2ccccc2c1=O)NC1CCCC1. The summed E-state index contributed by atoms with van der Waals surface area (Å²) < 4.78 is 0.951. The minimum Gasteiger partial charge on any atom is -0.352 e. The van der Waals surface area contributed by atoms with Crippen LogP contribution < -0.4 is 16.6 Å². The Bertz CT molecular complexity index is 785. The highest BCUT2D eigenvalue weighted by molar-refractivity contribution is 5.79. The summed E-state index contributed by atoms with van der Waals surface area (Å²) in [6.07, 6.45) is 4.16. The number of hydrogen-bond acceptors (Lipinski definition) is 3. The standard InChI is InChI=1S/C15H17N3O3/c19-13(16-10-5-1-2-6-10)9-18-14(20)11-7-3-4-8-12(11)17-15(18)21/h3-4,7-8,10H,1-2,5-6,9H2,(H,16,19)(H,17,21). The van der Waals surface area contributed by atoms with Gasteiger partial charge in [-0.1, -0.05) is 25.0 Å². The van der Waals surface area contributed by atoms with Crippen molar-refractivity contribution >= 4 is 16.8 Å². The first-order valence-electron chi connectivity index (χ1n) is 7.16. The van der Waals surface area contributed by atoms with Crippen LogP contribution in [0.25, 0.3) is 10.9 Å². The molecule has 1 aromatic carbocycles. The number of hydrogen-bond donors (Lipinski definition) is 2. The van der Waals surface area contributed by atoms with Crippen LogP contribution >= 0.6 is 0 Å². The van der Waals surface area contributed by atoms with Crippen LogP contribution in [0.15, 0.2) is 33.9 Å². The van der Waals surface area contributed by atoms with E-state index in [9.17, 15) is 14.4 Å². The highest BCUT2D eigenvalue weighted by Crippen LogP contribution is 2.17. The number of nitrogens with one attached hydrogen (secondary N) is 2. The number of aromatic nitrogens is 2. The summed E-state index contributed by atoms with van der Waals surface area (Å²) in [4.78, 5) is 38.8. The molecule has 0 aliphatic heterocycles. The van der Waals surface area contributed by atoms with E-state index < -0.39 is 11.2 Å². The van der Waals surface area contributed by atoms with Gasteiger partial charge in [0.15, 0.2) is 0 Å². The maximum Gasteiger partial charge on any atom is 0.329 e. The Morgan fingerprint density at radius 1 is 1.24 bits per heavy atom. The first-order chi connectivity index (χ1) is 10.1. The second-order valence-electron chi connectivity index (χ2n) is 5.42. The molecule has 6 heteroatoms. The highest BCUT2D eigenvalue weighted by atomic mass is 16.2. The topological polar surface area (TPSA) is 84.0 Å². The number of carbonyl (C=O) groups excluding carboxylic acids is 1. The maximum absolute atomic E-state index is 12.3. The van der Waals surface area contributed by atoms with Gasteiger partial charge in [0, 0.05) is 6.04 Å². The number of benzene rings is 1. The molecular weight excluding hydrogens is 270 g/mol. The van der Waals surface area contributed by atoms with Gasteiger partial charge in [-0.05, 0) is 25.0 Å². The number of rotatable bonds is 3. The zero-order chi connectivity index (χ0) is 14.8. The van der Waals surface area contributed by atoms with Crippen LogP contribution in [0.1, 0.15) is 25.7 Å². The molecule has 2 aromatic rings. The van der Waals surface area contributed by atoms with Crippen molar-refractivity contribution in [3.63, 3.8) is 0 Å². The number of H-pyrrole nitrogens is 1. The molecule has 0 atom stereocenters. The molecular formula is C15H17N3O3. The van der Waals surface area contributed by atoms with E-state index in [1.807, 2.05) is 0 Å². The van der Waals surface area contributed by atoms with Crippen molar-refractivity contribution in [3.8, 4) is 0 Å². The predicted molar refractivity (Wildman–Crippen MR) is 79.2 cm³/mol. The summed E-state index contributed by atoms with van der Waals surface area (Å²) in [6.45, 7) is -0.241. The molecule has 110 valence electrons. The molecule has 1 aliphatic carbocycles. The maximum atomic E-state index is 12.3. The van der Waals surface area contributed by atoms with Gasteiger partial charge in [-0.15, -0.1) is 0 Å². The minimum atomic E-state index is -0.555. The third-order valence-electron chi connectivity index (χ3n) is 3.91. The predicted octanol–water partition coefficient (Wildman–Crippen LogP) is 0.749. The van der Waals surface area contributed by atoms with E-state index in [4.69, 9.17) is 0 Å². The van der Waals surface area contributed by atoms with Crippen molar-refractivity contribution in [2.24, 2.45) is 0 Å². The Morgan fingerprint density at radius 3 is 2.71 bits per heavy atom. The summed E-state index contributed by atoms with van der Waals surface area (Å²) in [7, 11) is 0. The van der Waals surface area contributed by atoms with Gasteiger partial charge in [0.05, 0.1) is 10.9 Å². The highest BCUT2D eigenvalue weighted by Gasteiger charge is 2.18. The molecule has 0 unspecified atom stereocenters. The van der Waals surface area contributed by atoms with Gasteiger partial charge in [-0.2, -0.15) is 0 Å². The van der Waals surface area contributed by atoms with Crippen molar-refractivity contribution < 1.29 is 4.79 Å². The van der Waals surface area contributed by atoms with Crippen LogP contribution in [0, 0.1) is 0 Å². The molecule has 0 spiro atoms. The van der Waals surface area contributed by atoms with E-state index >= 15 is 0 Å². The van der Waals surface area contributed by atoms with Crippen LogP contribution in [0.5, 0.6) is 0 Å². The number of fused-ring (bicyclic) bond motifs is 1. The zero-order valence-corrected chi connectivity index (χ0v) is 11.6. The molecule has 0 radical (unpaired) electrons. The molecule has 3 rings (SSSR count). The van der Waals surface area contributed by atoms with E-state index in [0.29, 0.717) is 10.9 Å². The first kappa shape index (κ1) is 13.6. The Morgan fingerprint density at radius 2 is 1.95 bits per heavy atom. The van der Waals surface area contributed by atoms with Crippen molar-refractivity contribution in [1.82, 2.24) is 14.9 Å². The molecule has 0 saturated heterocycles. The largest absolute Gasteiger partial charge is 0.352 e. The molecule has 6 nitrogen and oxygen atoms in total. The summed E-state index contributed by atoms with van der Waals surface area (Å²) in [5.74, 6) is -0.287. The Labute approximate surface area is 120 Å². The number of amides is 1. The van der Waals surface area contributed by atoms with Gasteiger partial charge in [0.25, 0.3) is 5.56 Å². The van der Waals surface area contributed by atoms with Gasteiger partial charge < -0.3 is 10.3 Å². The Kier molecular flexibility index (Phi) is 3.60. The summed E-state index contributed by atoms with van der Waals surface area (Å²) in [6, 6.07) is 6.95. The molecule has 1 fully saturated rings. The minimum absolute atomic E-state index is 0.174. The number of carbonyl (C=O) groups is 1. The van der Waals surface area contributed by atoms with Gasteiger partial charge in [-0.25, -0.2) is 4.79 Å². The molecule has 1 saturated carbocycles. The third-order valence-corrected chi connectivity index (χ3v) is 3.91. The van der Waals surface area contributed by atoms with Gasteiger partial charge in [-0.3, -0.25) is 14.2 Å². The van der Waals surface area contributed by atoms with Crippen LogP contribution in [0.4, 0.5) is 0 Å². The lowest BCUT2D eigenvalue weighted by atomic mass is 10.2. The average Bonchev–Trinajstić information content (AvgIpc) is 2.96. The quantitative estimate of drug-likeness (QED) is 0.873. The fourth-order valence-electron chi connectivity index (χ4n) is 2.83. The number of nitrogens with zero attached hydrogens (tertiary/aromatic N) is 1. The summed E-state index contributed by atoms with van der Waals surface area (Å²) >= 11 is 0. The van der Waals surface area contributed by atoms with Crippen LogP contribution in [-0.2, 0) is 11.3 Å². The molecule has 1 aliphatic rings. The van der Waals surface area contributed by atoms with Crippen molar-refractivity contribution in [3.05, 3.63) is 45.1 Å². The molecule has 21 heavy (non-hydrogen) atoms. The lowest BCUT2D eigenvalue weighted by Gasteiger charge is -2.12. The molecule has 2 N–H and O–H groups in total. The van der Waals surface area contributed by atoms with E-state index in [1.165, 1.54) is 0 Å². The molecule has 1 heterocycles. The monoisotopic (exact) mass is 287 g/mol. The fraction of sp³-hybridized carbons (Fsp3) is 0.400. The molecule has 1 aromatic heterocycles. The summed E-state index contributed by atoms with van der Waals surface area (Å²) in [5.41, 5.74) is -0.504. The lowest BCUT2D eigenvalue weighted by Crippen LogP contribution is -2.42. The van der Waals surface area contributed by atoms with Gasteiger partial charge >= 0.3 is 5.69 Å². The Balaban J connectivity index is 1.88. The van der Waals surface area contributed by atoms with Crippen LogP contribution in [0.3, 0.4) is 0 Å². The Hall–Kier alpha value is -2.37. The third kappa shape index (κ3) is 2.74. The summed E-state index contributed by atoms with van der Waals surface area (Å²) in [5, 5.41) is 3.29. The lowest BCUT2D eigenvalue weighted by molar-refractivity contribution is -0.122. The number of para-hydroxylation sites is 1. The fourth-order valence-corrected chi connectivity index (χ4v) is 2.83.